The van der Waals surface area contributed by atoms with Gasteiger partial charge in [0.1, 0.15) is 6.10 Å². The molecule has 0 amide bonds. The SMILES string of the molecule is CCC=CCC(CCCCCCCC)OC(C)=O. The van der Waals surface area contributed by atoms with Gasteiger partial charge in [-0.25, -0.2) is 0 Å². The van der Waals surface area contributed by atoms with Gasteiger partial charge >= 0.3 is 5.97 Å². The molecular weight excluding hydrogens is 224 g/mol. The molecule has 1 unspecified atom stereocenters. The number of esters is 1. The highest BCUT2D eigenvalue weighted by Crippen LogP contribution is 2.13. The van der Waals surface area contributed by atoms with Crippen molar-refractivity contribution in [3.63, 3.8) is 0 Å². The summed E-state index contributed by atoms with van der Waals surface area (Å²) in [5.74, 6) is -0.157. The largest absolute Gasteiger partial charge is 0.462 e. The molecule has 0 aliphatic rings. The molecule has 18 heavy (non-hydrogen) atoms. The molecule has 2 heteroatoms. The molecule has 0 bridgehead atoms. The number of hydrogen-bond donors (Lipinski definition) is 0. The van der Waals surface area contributed by atoms with Crippen LogP contribution in [0.15, 0.2) is 12.2 Å². The molecule has 0 rings (SSSR count). The second kappa shape index (κ2) is 12.7. The van der Waals surface area contributed by atoms with Crippen LogP contribution in [-0.2, 0) is 9.53 Å². The molecule has 0 N–H and O–H groups in total. The molecule has 2 nitrogen and oxygen atoms in total. The van der Waals surface area contributed by atoms with Gasteiger partial charge in [-0.3, -0.25) is 4.79 Å². The zero-order valence-corrected chi connectivity index (χ0v) is 12.4. The Balaban J connectivity index is 3.72. The topological polar surface area (TPSA) is 26.3 Å². The molecule has 0 aromatic heterocycles. The fraction of sp³-hybridized carbons (Fsp3) is 0.812. The van der Waals surface area contributed by atoms with Crippen LogP contribution in [0.5, 0.6) is 0 Å². The van der Waals surface area contributed by atoms with Crippen LogP contribution < -0.4 is 0 Å². The molecule has 106 valence electrons. The Labute approximate surface area is 113 Å². The second-order valence-corrected chi connectivity index (χ2v) is 4.90. The van der Waals surface area contributed by atoms with Gasteiger partial charge in [-0.05, 0) is 19.3 Å². The number of carbonyl (C=O) groups is 1. The highest BCUT2D eigenvalue weighted by atomic mass is 16.5. The molecule has 0 fully saturated rings. The van der Waals surface area contributed by atoms with Crippen molar-refractivity contribution in [1.29, 1.82) is 0 Å². The molecule has 0 aliphatic heterocycles. The third-order valence-corrected chi connectivity index (χ3v) is 3.01. The molecule has 0 heterocycles. The lowest BCUT2D eigenvalue weighted by molar-refractivity contribution is -0.146. The Kier molecular flexibility index (Phi) is 12.1. The van der Waals surface area contributed by atoms with E-state index in [9.17, 15) is 4.79 Å². The fourth-order valence-corrected chi connectivity index (χ4v) is 2.03. The van der Waals surface area contributed by atoms with Crippen molar-refractivity contribution in [2.75, 3.05) is 0 Å². The number of hydrogen-bond acceptors (Lipinski definition) is 2. The van der Waals surface area contributed by atoms with Crippen LogP contribution in [-0.4, -0.2) is 12.1 Å². The van der Waals surface area contributed by atoms with Gasteiger partial charge < -0.3 is 4.74 Å². The van der Waals surface area contributed by atoms with E-state index in [0.717, 1.165) is 19.3 Å². The van der Waals surface area contributed by atoms with Crippen molar-refractivity contribution in [2.45, 2.75) is 84.7 Å². The van der Waals surface area contributed by atoms with E-state index in [1.165, 1.54) is 45.4 Å². The predicted molar refractivity (Wildman–Crippen MR) is 77.6 cm³/mol. The van der Waals surface area contributed by atoms with E-state index in [1.807, 2.05) is 0 Å². The van der Waals surface area contributed by atoms with Crippen molar-refractivity contribution in [1.82, 2.24) is 0 Å². The minimum atomic E-state index is -0.157. The van der Waals surface area contributed by atoms with Crippen LogP contribution >= 0.6 is 0 Å². The normalized spacial score (nSPS) is 12.8. The van der Waals surface area contributed by atoms with Gasteiger partial charge in [0.05, 0.1) is 0 Å². The average molecular weight is 254 g/mol. The van der Waals surface area contributed by atoms with Crippen LogP contribution in [0.2, 0.25) is 0 Å². The summed E-state index contributed by atoms with van der Waals surface area (Å²) in [6.07, 6.45) is 15.0. The third kappa shape index (κ3) is 11.7. The van der Waals surface area contributed by atoms with Crippen molar-refractivity contribution in [3.05, 3.63) is 12.2 Å². The molecule has 0 spiro atoms. The number of allylic oxidation sites excluding steroid dienone is 1. The first-order valence-electron chi connectivity index (χ1n) is 7.52. The lowest BCUT2D eigenvalue weighted by atomic mass is 10.0. The molecule has 1 atom stereocenters. The van der Waals surface area contributed by atoms with E-state index < -0.39 is 0 Å². The van der Waals surface area contributed by atoms with Crippen molar-refractivity contribution in [2.24, 2.45) is 0 Å². The lowest BCUT2D eigenvalue weighted by Gasteiger charge is -2.15. The summed E-state index contributed by atoms with van der Waals surface area (Å²) >= 11 is 0. The smallest absolute Gasteiger partial charge is 0.302 e. The van der Waals surface area contributed by atoms with E-state index in [-0.39, 0.29) is 12.1 Å². The highest BCUT2D eigenvalue weighted by Gasteiger charge is 2.09. The van der Waals surface area contributed by atoms with Gasteiger partial charge in [-0.2, -0.15) is 0 Å². The minimum absolute atomic E-state index is 0.0801. The van der Waals surface area contributed by atoms with Crippen LogP contribution in [0.4, 0.5) is 0 Å². The molecule has 0 saturated carbocycles. The monoisotopic (exact) mass is 254 g/mol. The van der Waals surface area contributed by atoms with Gasteiger partial charge in [0.15, 0.2) is 0 Å². The zero-order chi connectivity index (χ0) is 13.6. The first kappa shape index (κ1) is 17.2. The maximum Gasteiger partial charge on any atom is 0.302 e. The fourth-order valence-electron chi connectivity index (χ4n) is 2.03. The quantitative estimate of drug-likeness (QED) is 0.294. The summed E-state index contributed by atoms with van der Waals surface area (Å²) in [5.41, 5.74) is 0. The predicted octanol–water partition coefficient (Wildman–Crippen LogP) is 5.03. The van der Waals surface area contributed by atoms with Gasteiger partial charge in [0.2, 0.25) is 0 Å². The van der Waals surface area contributed by atoms with Crippen LogP contribution in [0.3, 0.4) is 0 Å². The first-order valence-corrected chi connectivity index (χ1v) is 7.52. The van der Waals surface area contributed by atoms with E-state index in [1.54, 1.807) is 0 Å². The highest BCUT2D eigenvalue weighted by molar-refractivity contribution is 5.66. The number of ether oxygens (including phenoxy) is 1. The Morgan fingerprint density at radius 1 is 1.06 bits per heavy atom. The van der Waals surface area contributed by atoms with E-state index in [4.69, 9.17) is 4.74 Å². The zero-order valence-electron chi connectivity index (χ0n) is 12.4. The minimum Gasteiger partial charge on any atom is -0.462 e. The molecule has 0 saturated heterocycles. The van der Waals surface area contributed by atoms with Crippen LogP contribution in [0.1, 0.15) is 78.6 Å². The number of rotatable bonds is 11. The summed E-state index contributed by atoms with van der Waals surface area (Å²) in [5, 5.41) is 0. The molecule has 0 aromatic carbocycles. The first-order chi connectivity index (χ1) is 8.70. The maximum atomic E-state index is 11.0. The Morgan fingerprint density at radius 2 is 1.72 bits per heavy atom. The average Bonchev–Trinajstić information content (AvgIpc) is 2.33. The van der Waals surface area contributed by atoms with E-state index >= 15 is 0 Å². The third-order valence-electron chi connectivity index (χ3n) is 3.01. The Morgan fingerprint density at radius 3 is 2.33 bits per heavy atom. The molecule has 0 aromatic rings. The van der Waals surface area contributed by atoms with E-state index in [2.05, 4.69) is 26.0 Å². The summed E-state index contributed by atoms with van der Waals surface area (Å²) in [6.45, 7) is 5.85. The van der Waals surface area contributed by atoms with Gasteiger partial charge in [-0.15, -0.1) is 0 Å². The molecular formula is C16H30O2. The summed E-state index contributed by atoms with van der Waals surface area (Å²) in [7, 11) is 0. The second-order valence-electron chi connectivity index (χ2n) is 4.90. The standard InChI is InChI=1S/C16H30O2/c1-4-6-8-9-10-12-14-16(18-15(3)17)13-11-7-5-2/h7,11,16H,4-6,8-10,12-14H2,1-3H3. The molecule has 0 radical (unpaired) electrons. The van der Waals surface area contributed by atoms with Gasteiger partial charge in [0.25, 0.3) is 0 Å². The van der Waals surface area contributed by atoms with Crippen molar-refractivity contribution in [3.8, 4) is 0 Å². The maximum absolute atomic E-state index is 11.0. The van der Waals surface area contributed by atoms with Crippen molar-refractivity contribution < 1.29 is 9.53 Å². The summed E-state index contributed by atoms with van der Waals surface area (Å²) in [6, 6.07) is 0. The lowest BCUT2D eigenvalue weighted by Crippen LogP contribution is -2.15. The van der Waals surface area contributed by atoms with Crippen molar-refractivity contribution >= 4 is 5.97 Å². The summed E-state index contributed by atoms with van der Waals surface area (Å²) < 4.78 is 5.33. The molecule has 0 aliphatic carbocycles. The van der Waals surface area contributed by atoms with E-state index in [0.29, 0.717) is 0 Å². The van der Waals surface area contributed by atoms with Gasteiger partial charge in [0, 0.05) is 13.3 Å². The Hall–Kier alpha value is -0.790. The van der Waals surface area contributed by atoms with Gasteiger partial charge in [-0.1, -0.05) is 58.1 Å². The summed E-state index contributed by atoms with van der Waals surface area (Å²) in [4.78, 5) is 11.0. The Bertz CT molecular complexity index is 221. The number of unbranched alkanes of at least 4 members (excludes halogenated alkanes) is 5. The number of carbonyl (C=O) groups excluding carboxylic acids is 1. The van der Waals surface area contributed by atoms with Crippen LogP contribution in [0.25, 0.3) is 0 Å². The van der Waals surface area contributed by atoms with Crippen LogP contribution in [0, 0.1) is 0 Å².